The summed E-state index contributed by atoms with van der Waals surface area (Å²) in [4.78, 5) is 14.6. The maximum absolute atomic E-state index is 11.8. The summed E-state index contributed by atoms with van der Waals surface area (Å²) in [5.74, 6) is -0.0201. The van der Waals surface area contributed by atoms with Crippen LogP contribution in [0, 0.1) is 0 Å². The molecule has 92 valence electrons. The van der Waals surface area contributed by atoms with Crippen molar-refractivity contribution in [3.05, 3.63) is 26.9 Å². The van der Waals surface area contributed by atoms with Gasteiger partial charge in [-0.25, -0.2) is 0 Å². The number of carbonyl (C=O) groups is 1. The third-order valence-corrected chi connectivity index (χ3v) is 4.34. The van der Waals surface area contributed by atoms with Crippen molar-refractivity contribution in [1.82, 2.24) is 4.90 Å². The van der Waals surface area contributed by atoms with Gasteiger partial charge in [0, 0.05) is 33.9 Å². The Bertz CT molecular complexity index is 430. The minimum atomic E-state index is -0.364. The first-order valence-corrected chi connectivity index (χ1v) is 7.21. The number of hydrogen-bond acceptors (Lipinski definition) is 3. The fourth-order valence-corrected chi connectivity index (χ4v) is 3.17. The van der Waals surface area contributed by atoms with E-state index in [1.165, 1.54) is 0 Å². The Morgan fingerprint density at radius 2 is 2.47 bits per heavy atom. The number of hydrogen-bond donors (Lipinski definition) is 1. The molecule has 0 spiro atoms. The van der Waals surface area contributed by atoms with Crippen LogP contribution in [0.25, 0.3) is 6.08 Å². The van der Waals surface area contributed by atoms with Crippen LogP contribution < -0.4 is 0 Å². The molecule has 0 radical (unpaired) electrons. The standard InChI is InChI=1S/C12H14BrNO2S/c13-9-6-11(17-8-9)3-4-12(16)14-5-1-2-10(15)7-14/h3-4,6,8,10,15H,1-2,5,7H2. The van der Waals surface area contributed by atoms with E-state index in [1.807, 2.05) is 17.5 Å². The predicted octanol–water partition coefficient (Wildman–Crippen LogP) is 2.51. The van der Waals surface area contributed by atoms with E-state index in [4.69, 9.17) is 0 Å². The fourth-order valence-electron chi connectivity index (χ4n) is 1.83. The first-order chi connectivity index (χ1) is 8.15. The van der Waals surface area contributed by atoms with Gasteiger partial charge in [0.2, 0.25) is 5.91 Å². The van der Waals surface area contributed by atoms with E-state index in [0.29, 0.717) is 6.54 Å². The zero-order chi connectivity index (χ0) is 12.3. The highest BCUT2D eigenvalue weighted by Gasteiger charge is 2.20. The van der Waals surface area contributed by atoms with Crippen LogP contribution in [-0.4, -0.2) is 35.1 Å². The molecule has 1 unspecified atom stereocenters. The van der Waals surface area contributed by atoms with Crippen LogP contribution in [0.1, 0.15) is 17.7 Å². The maximum atomic E-state index is 11.8. The largest absolute Gasteiger partial charge is 0.391 e. The van der Waals surface area contributed by atoms with Crippen LogP contribution in [0.2, 0.25) is 0 Å². The molecule has 0 aromatic carbocycles. The molecule has 0 bridgehead atoms. The Hall–Kier alpha value is -0.650. The Labute approximate surface area is 113 Å². The Kier molecular flexibility index (Phi) is 4.36. The van der Waals surface area contributed by atoms with Crippen molar-refractivity contribution in [1.29, 1.82) is 0 Å². The quantitative estimate of drug-likeness (QED) is 0.852. The van der Waals surface area contributed by atoms with Crippen LogP contribution >= 0.6 is 27.3 Å². The van der Waals surface area contributed by atoms with Gasteiger partial charge >= 0.3 is 0 Å². The second-order valence-electron chi connectivity index (χ2n) is 4.08. The summed E-state index contributed by atoms with van der Waals surface area (Å²) in [7, 11) is 0. The summed E-state index contributed by atoms with van der Waals surface area (Å²) < 4.78 is 1.03. The van der Waals surface area contributed by atoms with Crippen molar-refractivity contribution < 1.29 is 9.90 Å². The van der Waals surface area contributed by atoms with Crippen molar-refractivity contribution in [2.75, 3.05) is 13.1 Å². The average molecular weight is 316 g/mol. The second kappa shape index (κ2) is 5.80. The molecule has 1 fully saturated rings. The molecule has 1 N–H and O–H groups in total. The topological polar surface area (TPSA) is 40.5 Å². The van der Waals surface area contributed by atoms with Gasteiger partial charge in [0.05, 0.1) is 6.10 Å². The molecule has 1 aromatic heterocycles. The highest BCUT2D eigenvalue weighted by atomic mass is 79.9. The number of halogens is 1. The predicted molar refractivity (Wildman–Crippen MR) is 72.9 cm³/mol. The summed E-state index contributed by atoms with van der Waals surface area (Å²) >= 11 is 4.96. The minimum absolute atomic E-state index is 0.0201. The van der Waals surface area contributed by atoms with Crippen LogP contribution in [0.4, 0.5) is 0 Å². The smallest absolute Gasteiger partial charge is 0.246 e. The fraction of sp³-hybridized carbons (Fsp3) is 0.417. The van der Waals surface area contributed by atoms with Crippen LogP contribution in [0.15, 0.2) is 22.0 Å². The lowest BCUT2D eigenvalue weighted by molar-refractivity contribution is -0.128. The van der Waals surface area contributed by atoms with Gasteiger partial charge in [-0.15, -0.1) is 11.3 Å². The van der Waals surface area contributed by atoms with Crippen molar-refractivity contribution in [3.63, 3.8) is 0 Å². The number of piperidine rings is 1. The number of rotatable bonds is 2. The van der Waals surface area contributed by atoms with Gasteiger partial charge in [0.15, 0.2) is 0 Å². The van der Waals surface area contributed by atoms with Crippen molar-refractivity contribution in [3.8, 4) is 0 Å². The highest BCUT2D eigenvalue weighted by molar-refractivity contribution is 9.10. The second-order valence-corrected chi connectivity index (χ2v) is 5.94. The molecule has 2 rings (SSSR count). The molecule has 1 aromatic rings. The summed E-state index contributed by atoms with van der Waals surface area (Å²) in [5.41, 5.74) is 0. The highest BCUT2D eigenvalue weighted by Crippen LogP contribution is 2.21. The first kappa shape index (κ1) is 12.8. The van der Waals surface area contributed by atoms with Crippen LogP contribution in [0.3, 0.4) is 0 Å². The van der Waals surface area contributed by atoms with Gasteiger partial charge < -0.3 is 10.0 Å². The number of nitrogens with zero attached hydrogens (tertiary/aromatic N) is 1. The van der Waals surface area contributed by atoms with E-state index in [-0.39, 0.29) is 12.0 Å². The number of thiophene rings is 1. The van der Waals surface area contributed by atoms with Gasteiger partial charge in [-0.1, -0.05) is 0 Å². The SMILES string of the molecule is O=C(C=Cc1cc(Br)cs1)N1CCCC(O)C1. The third kappa shape index (κ3) is 3.66. The first-order valence-electron chi connectivity index (χ1n) is 5.54. The summed E-state index contributed by atoms with van der Waals surface area (Å²) in [5, 5.41) is 11.5. The van der Waals surface area contributed by atoms with E-state index in [0.717, 1.165) is 28.7 Å². The molecule has 1 aliphatic heterocycles. The van der Waals surface area contributed by atoms with E-state index in [9.17, 15) is 9.90 Å². The van der Waals surface area contributed by atoms with Gasteiger partial charge in [0.25, 0.3) is 0 Å². The van der Waals surface area contributed by atoms with Crippen molar-refractivity contribution in [2.45, 2.75) is 18.9 Å². The zero-order valence-electron chi connectivity index (χ0n) is 9.30. The molecule has 3 nitrogen and oxygen atoms in total. The molecule has 1 aliphatic rings. The molecule has 1 saturated heterocycles. The number of amides is 1. The van der Waals surface area contributed by atoms with Crippen molar-refractivity contribution >= 4 is 39.2 Å². The lowest BCUT2D eigenvalue weighted by atomic mass is 10.1. The normalized spacial score (nSPS) is 21.1. The molecule has 0 saturated carbocycles. The van der Waals surface area contributed by atoms with E-state index in [1.54, 1.807) is 22.3 Å². The van der Waals surface area contributed by atoms with Crippen molar-refractivity contribution in [2.24, 2.45) is 0 Å². The molecule has 0 aliphatic carbocycles. The maximum Gasteiger partial charge on any atom is 0.246 e. The number of likely N-dealkylation sites (tertiary alicyclic amines) is 1. The van der Waals surface area contributed by atoms with E-state index < -0.39 is 0 Å². The lowest BCUT2D eigenvalue weighted by Crippen LogP contribution is -2.41. The molecule has 1 amide bonds. The number of aliphatic hydroxyl groups is 1. The Morgan fingerprint density at radius 3 is 3.12 bits per heavy atom. The summed E-state index contributed by atoms with van der Waals surface area (Å²) in [6.07, 6.45) is 4.71. The number of aliphatic hydroxyl groups excluding tert-OH is 1. The van der Waals surface area contributed by atoms with Gasteiger partial charge in [-0.05, 0) is 40.9 Å². The molecule has 1 atom stereocenters. The van der Waals surface area contributed by atoms with E-state index in [2.05, 4.69) is 15.9 Å². The van der Waals surface area contributed by atoms with Gasteiger partial charge in [-0.2, -0.15) is 0 Å². The van der Waals surface area contributed by atoms with Gasteiger partial charge in [-0.3, -0.25) is 4.79 Å². The summed E-state index contributed by atoms with van der Waals surface area (Å²) in [6, 6.07) is 1.97. The molecule has 2 heterocycles. The molecular weight excluding hydrogens is 302 g/mol. The molecule has 17 heavy (non-hydrogen) atoms. The Balaban J connectivity index is 1.94. The monoisotopic (exact) mass is 315 g/mol. The van der Waals surface area contributed by atoms with E-state index >= 15 is 0 Å². The zero-order valence-corrected chi connectivity index (χ0v) is 11.7. The lowest BCUT2D eigenvalue weighted by Gasteiger charge is -2.29. The molecule has 5 heteroatoms. The minimum Gasteiger partial charge on any atom is -0.391 e. The third-order valence-electron chi connectivity index (χ3n) is 2.69. The van der Waals surface area contributed by atoms with Crippen LogP contribution in [-0.2, 0) is 4.79 Å². The average Bonchev–Trinajstić information content (AvgIpc) is 2.72. The molecular formula is C12H14BrNO2S. The van der Waals surface area contributed by atoms with Crippen LogP contribution in [0.5, 0.6) is 0 Å². The summed E-state index contributed by atoms with van der Waals surface area (Å²) in [6.45, 7) is 1.20. The van der Waals surface area contributed by atoms with Gasteiger partial charge in [0.1, 0.15) is 0 Å². The Morgan fingerprint density at radius 1 is 1.65 bits per heavy atom. The number of β-amino-alcohol motifs (C(OH)–C–C–N with tert-alkyl or cyclic N) is 1. The number of carbonyl (C=O) groups excluding carboxylic acids is 1.